The first-order valence-electron chi connectivity index (χ1n) is 6.13. The van der Waals surface area contributed by atoms with Gasteiger partial charge in [0.05, 0.1) is 6.10 Å². The van der Waals surface area contributed by atoms with Gasteiger partial charge in [-0.05, 0) is 30.5 Å². The van der Waals surface area contributed by atoms with Crippen LogP contribution in [-0.2, 0) is 6.42 Å². The molecule has 2 nitrogen and oxygen atoms in total. The van der Waals surface area contributed by atoms with Crippen LogP contribution in [0.25, 0.3) is 0 Å². The molecular formula is C14H23NO. The molecule has 0 saturated heterocycles. The molecule has 0 heterocycles. The fraction of sp³-hybridized carbons (Fsp3) is 0.571. The maximum Gasteiger partial charge on any atom is 0.0802 e. The average molecular weight is 221 g/mol. The van der Waals surface area contributed by atoms with Crippen LogP contribution >= 0.6 is 0 Å². The van der Waals surface area contributed by atoms with Gasteiger partial charge in [-0.2, -0.15) is 0 Å². The first kappa shape index (κ1) is 13.2. The molecule has 1 atom stereocenters. The van der Waals surface area contributed by atoms with Crippen LogP contribution in [0.15, 0.2) is 24.3 Å². The number of aliphatic hydroxyl groups is 1. The highest BCUT2D eigenvalue weighted by atomic mass is 16.3. The number of hydrogen-bond acceptors (Lipinski definition) is 2. The van der Waals surface area contributed by atoms with E-state index in [9.17, 15) is 5.11 Å². The SMILES string of the molecule is CCc1ccc(C(O)CCNC(C)C)cc1. The van der Waals surface area contributed by atoms with E-state index in [-0.39, 0.29) is 6.10 Å². The first-order chi connectivity index (χ1) is 7.63. The molecule has 1 aromatic carbocycles. The van der Waals surface area contributed by atoms with Crippen LogP contribution in [0.1, 0.15) is 44.4 Å². The molecule has 0 amide bonds. The van der Waals surface area contributed by atoms with Gasteiger partial charge in [0.1, 0.15) is 0 Å². The van der Waals surface area contributed by atoms with Crippen molar-refractivity contribution in [2.75, 3.05) is 6.54 Å². The normalized spacial score (nSPS) is 13.1. The van der Waals surface area contributed by atoms with Crippen molar-refractivity contribution in [3.05, 3.63) is 35.4 Å². The molecule has 1 rings (SSSR count). The minimum absolute atomic E-state index is 0.350. The zero-order valence-electron chi connectivity index (χ0n) is 10.5. The van der Waals surface area contributed by atoms with Gasteiger partial charge in [-0.25, -0.2) is 0 Å². The van der Waals surface area contributed by atoms with Gasteiger partial charge in [0.2, 0.25) is 0 Å². The van der Waals surface area contributed by atoms with Gasteiger partial charge in [0, 0.05) is 6.04 Å². The van der Waals surface area contributed by atoms with Gasteiger partial charge in [-0.1, -0.05) is 45.0 Å². The van der Waals surface area contributed by atoms with Crippen molar-refractivity contribution in [3.8, 4) is 0 Å². The Labute approximate surface area is 98.7 Å². The number of benzene rings is 1. The van der Waals surface area contributed by atoms with E-state index in [0.29, 0.717) is 6.04 Å². The van der Waals surface area contributed by atoms with Gasteiger partial charge in [0.25, 0.3) is 0 Å². The lowest BCUT2D eigenvalue weighted by atomic mass is 10.0. The molecule has 0 aliphatic heterocycles. The highest BCUT2D eigenvalue weighted by Gasteiger charge is 2.06. The number of hydrogen-bond donors (Lipinski definition) is 2. The van der Waals surface area contributed by atoms with E-state index in [4.69, 9.17) is 0 Å². The summed E-state index contributed by atoms with van der Waals surface area (Å²) in [5.41, 5.74) is 2.33. The van der Waals surface area contributed by atoms with Crippen molar-refractivity contribution < 1.29 is 5.11 Å². The summed E-state index contributed by atoms with van der Waals surface area (Å²) in [4.78, 5) is 0. The third kappa shape index (κ3) is 4.33. The lowest BCUT2D eigenvalue weighted by molar-refractivity contribution is 0.166. The summed E-state index contributed by atoms with van der Waals surface area (Å²) in [6.07, 6.45) is 1.46. The molecule has 0 fully saturated rings. The van der Waals surface area contributed by atoms with Crippen LogP contribution < -0.4 is 5.32 Å². The van der Waals surface area contributed by atoms with E-state index in [0.717, 1.165) is 24.9 Å². The quantitative estimate of drug-likeness (QED) is 0.774. The van der Waals surface area contributed by atoms with Crippen molar-refractivity contribution in [2.24, 2.45) is 0 Å². The standard InChI is InChI=1S/C14H23NO/c1-4-12-5-7-13(8-6-12)14(16)9-10-15-11(2)3/h5-8,11,14-16H,4,9-10H2,1-3H3. The predicted molar refractivity (Wildman–Crippen MR) is 68.5 cm³/mol. The number of aliphatic hydroxyl groups excluding tert-OH is 1. The summed E-state index contributed by atoms with van der Waals surface area (Å²) in [6.45, 7) is 7.22. The molecule has 0 aromatic heterocycles. The molecule has 2 heteroatoms. The third-order valence-electron chi connectivity index (χ3n) is 2.74. The van der Waals surface area contributed by atoms with Gasteiger partial charge >= 0.3 is 0 Å². The Bertz CT molecular complexity index is 292. The van der Waals surface area contributed by atoms with Crippen molar-refractivity contribution in [1.29, 1.82) is 0 Å². The second-order valence-electron chi connectivity index (χ2n) is 4.51. The van der Waals surface area contributed by atoms with Crippen LogP contribution in [0.3, 0.4) is 0 Å². The van der Waals surface area contributed by atoms with E-state index in [2.05, 4.69) is 38.2 Å². The number of nitrogens with one attached hydrogen (secondary N) is 1. The smallest absolute Gasteiger partial charge is 0.0802 e. The Morgan fingerprint density at radius 2 is 1.81 bits per heavy atom. The fourth-order valence-electron chi connectivity index (χ4n) is 1.65. The van der Waals surface area contributed by atoms with Gasteiger partial charge in [-0.3, -0.25) is 0 Å². The van der Waals surface area contributed by atoms with Crippen molar-refractivity contribution in [1.82, 2.24) is 5.32 Å². The minimum atomic E-state index is -0.350. The molecule has 2 N–H and O–H groups in total. The molecule has 0 spiro atoms. The Balaban J connectivity index is 2.43. The molecule has 1 aromatic rings. The second-order valence-corrected chi connectivity index (χ2v) is 4.51. The Morgan fingerprint density at radius 1 is 1.19 bits per heavy atom. The van der Waals surface area contributed by atoms with E-state index in [1.54, 1.807) is 0 Å². The highest BCUT2D eigenvalue weighted by Crippen LogP contribution is 2.16. The van der Waals surface area contributed by atoms with Crippen LogP contribution in [-0.4, -0.2) is 17.7 Å². The number of aryl methyl sites for hydroxylation is 1. The minimum Gasteiger partial charge on any atom is -0.388 e. The van der Waals surface area contributed by atoms with Gasteiger partial charge in [-0.15, -0.1) is 0 Å². The number of rotatable bonds is 6. The van der Waals surface area contributed by atoms with Crippen LogP contribution in [0.2, 0.25) is 0 Å². The van der Waals surface area contributed by atoms with Crippen molar-refractivity contribution in [2.45, 2.75) is 45.8 Å². The second kappa shape index (κ2) is 6.66. The molecule has 0 saturated carbocycles. The molecule has 0 radical (unpaired) electrons. The maximum atomic E-state index is 9.96. The lowest BCUT2D eigenvalue weighted by Crippen LogP contribution is -2.24. The predicted octanol–water partition coefficient (Wildman–Crippen LogP) is 2.67. The van der Waals surface area contributed by atoms with Crippen LogP contribution in [0.4, 0.5) is 0 Å². The van der Waals surface area contributed by atoms with Crippen LogP contribution in [0.5, 0.6) is 0 Å². The van der Waals surface area contributed by atoms with E-state index in [1.807, 2.05) is 12.1 Å². The largest absolute Gasteiger partial charge is 0.388 e. The zero-order chi connectivity index (χ0) is 12.0. The molecule has 0 aliphatic rings. The fourth-order valence-corrected chi connectivity index (χ4v) is 1.65. The summed E-state index contributed by atoms with van der Waals surface area (Å²) < 4.78 is 0. The van der Waals surface area contributed by atoms with E-state index < -0.39 is 0 Å². The molecule has 90 valence electrons. The average Bonchev–Trinajstić information content (AvgIpc) is 2.28. The topological polar surface area (TPSA) is 32.3 Å². The Morgan fingerprint density at radius 3 is 2.31 bits per heavy atom. The van der Waals surface area contributed by atoms with Gasteiger partial charge < -0.3 is 10.4 Å². The Kier molecular flexibility index (Phi) is 5.50. The van der Waals surface area contributed by atoms with Crippen molar-refractivity contribution >= 4 is 0 Å². The monoisotopic (exact) mass is 221 g/mol. The molecule has 16 heavy (non-hydrogen) atoms. The van der Waals surface area contributed by atoms with E-state index in [1.165, 1.54) is 5.56 Å². The zero-order valence-corrected chi connectivity index (χ0v) is 10.5. The van der Waals surface area contributed by atoms with Gasteiger partial charge in [0.15, 0.2) is 0 Å². The third-order valence-corrected chi connectivity index (χ3v) is 2.74. The summed E-state index contributed by atoms with van der Waals surface area (Å²) >= 11 is 0. The molecule has 0 aliphatic carbocycles. The van der Waals surface area contributed by atoms with Crippen molar-refractivity contribution in [3.63, 3.8) is 0 Å². The van der Waals surface area contributed by atoms with E-state index >= 15 is 0 Å². The summed E-state index contributed by atoms with van der Waals surface area (Å²) in [6, 6.07) is 8.72. The molecule has 1 unspecified atom stereocenters. The Hall–Kier alpha value is -0.860. The first-order valence-corrected chi connectivity index (χ1v) is 6.13. The lowest BCUT2D eigenvalue weighted by Gasteiger charge is -2.13. The summed E-state index contributed by atoms with van der Waals surface area (Å²) in [7, 11) is 0. The van der Waals surface area contributed by atoms with Crippen LogP contribution in [0, 0.1) is 0 Å². The molecular weight excluding hydrogens is 198 g/mol. The summed E-state index contributed by atoms with van der Waals surface area (Å²) in [5, 5.41) is 13.3. The molecule has 0 bridgehead atoms. The maximum absolute atomic E-state index is 9.96. The summed E-state index contributed by atoms with van der Waals surface area (Å²) in [5.74, 6) is 0. The highest BCUT2D eigenvalue weighted by molar-refractivity contribution is 5.24.